The first-order valence-electron chi connectivity index (χ1n) is 9.79. The molecule has 0 aromatic heterocycles. The van der Waals surface area contributed by atoms with E-state index in [1.54, 1.807) is 6.07 Å². The molecule has 0 fully saturated rings. The minimum absolute atomic E-state index is 0.220. The number of hydrogen-bond donors (Lipinski definition) is 0. The number of fused-ring (bicyclic) bond motifs is 1. The zero-order valence-electron chi connectivity index (χ0n) is 15.8. The molecule has 0 N–H and O–H groups in total. The predicted molar refractivity (Wildman–Crippen MR) is 116 cm³/mol. The highest BCUT2D eigenvalue weighted by molar-refractivity contribution is 9.10. The summed E-state index contributed by atoms with van der Waals surface area (Å²) in [6, 6.07) is 17.3. The summed E-state index contributed by atoms with van der Waals surface area (Å²) in [4.78, 5) is 0. The molecule has 0 saturated carbocycles. The second-order valence-electron chi connectivity index (χ2n) is 6.96. The fraction of sp³-hybridized carbons (Fsp3) is 0.333. The van der Waals surface area contributed by atoms with Crippen LogP contribution < -0.4 is 4.74 Å². The van der Waals surface area contributed by atoms with Crippen LogP contribution in [-0.4, -0.2) is 6.61 Å². The molecule has 3 rings (SSSR count). The van der Waals surface area contributed by atoms with E-state index in [9.17, 15) is 4.39 Å². The van der Waals surface area contributed by atoms with Gasteiger partial charge in [-0.05, 0) is 53.1 Å². The van der Waals surface area contributed by atoms with Crippen LogP contribution in [0.2, 0.25) is 0 Å². The Morgan fingerprint density at radius 1 is 0.815 bits per heavy atom. The number of unbranched alkanes of at least 4 members (excludes halogenated alkanes) is 5. The molecular formula is C24H26BrFO. The molecule has 3 aromatic rings. The van der Waals surface area contributed by atoms with Gasteiger partial charge in [-0.2, -0.15) is 0 Å². The fourth-order valence-electron chi connectivity index (χ4n) is 3.28. The molecule has 0 aliphatic heterocycles. The lowest BCUT2D eigenvalue weighted by Crippen LogP contribution is -1.97. The largest absolute Gasteiger partial charge is 0.494 e. The van der Waals surface area contributed by atoms with Crippen molar-refractivity contribution in [3.63, 3.8) is 0 Å². The van der Waals surface area contributed by atoms with Gasteiger partial charge >= 0.3 is 0 Å². The van der Waals surface area contributed by atoms with E-state index in [0.717, 1.165) is 39.6 Å². The Kier molecular flexibility index (Phi) is 7.28. The van der Waals surface area contributed by atoms with Crippen LogP contribution in [0.15, 0.2) is 59.1 Å². The van der Waals surface area contributed by atoms with Crippen LogP contribution in [0, 0.1) is 5.82 Å². The first kappa shape index (κ1) is 19.9. The van der Waals surface area contributed by atoms with Gasteiger partial charge in [0, 0.05) is 10.0 Å². The Morgan fingerprint density at radius 3 is 2.37 bits per heavy atom. The molecule has 0 saturated heterocycles. The normalized spacial score (nSPS) is 11.1. The van der Waals surface area contributed by atoms with Crippen LogP contribution in [0.4, 0.5) is 4.39 Å². The van der Waals surface area contributed by atoms with Crippen molar-refractivity contribution in [3.8, 4) is 16.9 Å². The highest BCUT2D eigenvalue weighted by Gasteiger charge is 2.07. The van der Waals surface area contributed by atoms with E-state index in [0.29, 0.717) is 5.56 Å². The van der Waals surface area contributed by atoms with E-state index in [1.165, 1.54) is 38.2 Å². The van der Waals surface area contributed by atoms with Gasteiger partial charge in [-0.3, -0.25) is 0 Å². The van der Waals surface area contributed by atoms with Crippen molar-refractivity contribution >= 4 is 26.7 Å². The number of ether oxygens (including phenoxy) is 1. The van der Waals surface area contributed by atoms with Gasteiger partial charge in [0.1, 0.15) is 11.6 Å². The van der Waals surface area contributed by atoms with Crippen LogP contribution in [0.5, 0.6) is 5.75 Å². The Labute approximate surface area is 169 Å². The standard InChI is InChI=1S/C24H26BrFO/c1-2-3-4-5-6-7-14-27-22-12-10-18-15-20(9-8-19(18)16-22)23-13-11-21(25)17-24(23)26/h8-13,15-17H,2-7,14H2,1H3. The molecule has 27 heavy (non-hydrogen) atoms. The lowest BCUT2D eigenvalue weighted by molar-refractivity contribution is 0.305. The molecule has 1 nitrogen and oxygen atoms in total. The highest BCUT2D eigenvalue weighted by atomic mass is 79.9. The van der Waals surface area contributed by atoms with E-state index < -0.39 is 0 Å². The topological polar surface area (TPSA) is 9.23 Å². The molecule has 0 heterocycles. The van der Waals surface area contributed by atoms with Crippen molar-refractivity contribution in [1.29, 1.82) is 0 Å². The first-order valence-corrected chi connectivity index (χ1v) is 10.6. The Hall–Kier alpha value is -1.87. The SMILES string of the molecule is CCCCCCCCOc1ccc2cc(-c3ccc(Br)cc3F)ccc2c1. The van der Waals surface area contributed by atoms with Crippen molar-refractivity contribution in [2.75, 3.05) is 6.61 Å². The Balaban J connectivity index is 1.63. The number of halogens is 2. The molecule has 3 heteroatoms. The van der Waals surface area contributed by atoms with Gasteiger partial charge in [0.25, 0.3) is 0 Å². The smallest absolute Gasteiger partial charge is 0.132 e. The molecule has 0 aliphatic rings. The summed E-state index contributed by atoms with van der Waals surface area (Å²) in [5.41, 5.74) is 1.50. The Bertz CT molecular complexity index is 891. The van der Waals surface area contributed by atoms with Gasteiger partial charge in [0.2, 0.25) is 0 Å². The number of benzene rings is 3. The highest BCUT2D eigenvalue weighted by Crippen LogP contribution is 2.30. The van der Waals surface area contributed by atoms with Crippen molar-refractivity contribution in [2.45, 2.75) is 45.4 Å². The lowest BCUT2D eigenvalue weighted by atomic mass is 10.0. The molecule has 0 radical (unpaired) electrons. The van der Waals surface area contributed by atoms with Gasteiger partial charge in [0.05, 0.1) is 6.61 Å². The summed E-state index contributed by atoms with van der Waals surface area (Å²) < 4.78 is 20.9. The lowest BCUT2D eigenvalue weighted by Gasteiger charge is -2.09. The predicted octanol–water partition coefficient (Wildman–Crippen LogP) is 8.15. The molecule has 142 valence electrons. The Morgan fingerprint density at radius 2 is 1.56 bits per heavy atom. The van der Waals surface area contributed by atoms with E-state index in [1.807, 2.05) is 36.4 Å². The minimum atomic E-state index is -0.220. The van der Waals surface area contributed by atoms with Gasteiger partial charge in [-0.1, -0.05) is 79.2 Å². The quantitative estimate of drug-likeness (QED) is 0.312. The number of hydrogen-bond acceptors (Lipinski definition) is 1. The molecule has 0 spiro atoms. The average Bonchev–Trinajstić information content (AvgIpc) is 2.67. The zero-order valence-corrected chi connectivity index (χ0v) is 17.4. The summed E-state index contributed by atoms with van der Waals surface area (Å²) >= 11 is 3.30. The van der Waals surface area contributed by atoms with Crippen LogP contribution in [0.3, 0.4) is 0 Å². The average molecular weight is 429 g/mol. The summed E-state index contributed by atoms with van der Waals surface area (Å²) in [7, 11) is 0. The maximum absolute atomic E-state index is 14.2. The molecule has 0 amide bonds. The number of rotatable bonds is 9. The fourth-order valence-corrected chi connectivity index (χ4v) is 3.61. The minimum Gasteiger partial charge on any atom is -0.494 e. The van der Waals surface area contributed by atoms with Crippen LogP contribution in [0.1, 0.15) is 45.4 Å². The van der Waals surface area contributed by atoms with Gasteiger partial charge in [-0.15, -0.1) is 0 Å². The molecule has 0 bridgehead atoms. The summed E-state index contributed by atoms with van der Waals surface area (Å²) in [5.74, 6) is 0.682. The summed E-state index contributed by atoms with van der Waals surface area (Å²) in [6.45, 7) is 3.00. The first-order chi connectivity index (χ1) is 13.2. The summed E-state index contributed by atoms with van der Waals surface area (Å²) in [6.07, 6.45) is 7.57. The van der Waals surface area contributed by atoms with Crippen LogP contribution in [0.25, 0.3) is 21.9 Å². The van der Waals surface area contributed by atoms with Crippen LogP contribution >= 0.6 is 15.9 Å². The second-order valence-corrected chi connectivity index (χ2v) is 7.88. The molecule has 0 unspecified atom stereocenters. The maximum atomic E-state index is 14.2. The third-order valence-corrected chi connectivity index (χ3v) is 5.31. The van der Waals surface area contributed by atoms with Crippen LogP contribution in [-0.2, 0) is 0 Å². The van der Waals surface area contributed by atoms with Gasteiger partial charge in [-0.25, -0.2) is 4.39 Å². The van der Waals surface area contributed by atoms with Crippen molar-refractivity contribution in [3.05, 3.63) is 64.9 Å². The second kappa shape index (κ2) is 9.89. The van der Waals surface area contributed by atoms with E-state index in [2.05, 4.69) is 28.9 Å². The van der Waals surface area contributed by atoms with Crippen molar-refractivity contribution in [1.82, 2.24) is 0 Å². The van der Waals surface area contributed by atoms with E-state index in [4.69, 9.17) is 4.74 Å². The van der Waals surface area contributed by atoms with Crippen molar-refractivity contribution in [2.24, 2.45) is 0 Å². The maximum Gasteiger partial charge on any atom is 0.132 e. The zero-order chi connectivity index (χ0) is 19.1. The van der Waals surface area contributed by atoms with E-state index in [-0.39, 0.29) is 5.82 Å². The van der Waals surface area contributed by atoms with E-state index >= 15 is 0 Å². The van der Waals surface area contributed by atoms with Gasteiger partial charge < -0.3 is 4.74 Å². The van der Waals surface area contributed by atoms with Crippen molar-refractivity contribution < 1.29 is 9.13 Å². The summed E-state index contributed by atoms with van der Waals surface area (Å²) in [5, 5.41) is 2.19. The van der Waals surface area contributed by atoms with Gasteiger partial charge in [0.15, 0.2) is 0 Å². The molecule has 3 aromatic carbocycles. The molecule has 0 atom stereocenters. The monoisotopic (exact) mass is 428 g/mol. The third kappa shape index (κ3) is 5.55. The third-order valence-electron chi connectivity index (χ3n) is 4.82. The molecule has 0 aliphatic carbocycles. The molecular weight excluding hydrogens is 403 g/mol.